The largest absolute Gasteiger partial charge is 0.303 e. The zero-order valence-electron chi connectivity index (χ0n) is 7.47. The SMILES string of the molecule is O=CCc1cnc(Cc2cccs2)s1. The Morgan fingerprint density at radius 2 is 2.36 bits per heavy atom. The van der Waals surface area contributed by atoms with Crippen molar-refractivity contribution in [3.8, 4) is 0 Å². The molecular formula is C10H9NOS2. The highest BCUT2D eigenvalue weighted by atomic mass is 32.1. The summed E-state index contributed by atoms with van der Waals surface area (Å²) in [4.78, 5) is 16.9. The van der Waals surface area contributed by atoms with E-state index in [2.05, 4.69) is 16.4 Å². The Morgan fingerprint density at radius 3 is 3.07 bits per heavy atom. The minimum absolute atomic E-state index is 0.488. The van der Waals surface area contributed by atoms with Crippen LogP contribution in [0.1, 0.15) is 14.8 Å². The number of nitrogens with zero attached hydrogens (tertiary/aromatic N) is 1. The van der Waals surface area contributed by atoms with E-state index in [1.54, 1.807) is 28.9 Å². The number of hydrogen-bond donors (Lipinski definition) is 0. The van der Waals surface area contributed by atoms with Gasteiger partial charge < -0.3 is 4.79 Å². The highest BCUT2D eigenvalue weighted by Gasteiger charge is 2.03. The molecule has 0 atom stereocenters. The lowest BCUT2D eigenvalue weighted by Crippen LogP contribution is -1.80. The molecule has 2 aromatic rings. The van der Waals surface area contributed by atoms with Gasteiger partial charge in [0.25, 0.3) is 0 Å². The zero-order chi connectivity index (χ0) is 9.80. The van der Waals surface area contributed by atoms with Crippen molar-refractivity contribution in [2.45, 2.75) is 12.8 Å². The third-order valence-corrected chi connectivity index (χ3v) is 3.69. The van der Waals surface area contributed by atoms with E-state index in [4.69, 9.17) is 0 Å². The maximum atomic E-state index is 10.3. The van der Waals surface area contributed by atoms with Crippen LogP contribution in [0.3, 0.4) is 0 Å². The van der Waals surface area contributed by atoms with Crippen molar-refractivity contribution in [3.05, 3.63) is 38.5 Å². The van der Waals surface area contributed by atoms with Gasteiger partial charge >= 0.3 is 0 Å². The highest BCUT2D eigenvalue weighted by molar-refractivity contribution is 7.12. The van der Waals surface area contributed by atoms with Gasteiger partial charge in [0, 0.05) is 28.8 Å². The van der Waals surface area contributed by atoms with Crippen LogP contribution < -0.4 is 0 Å². The smallest absolute Gasteiger partial charge is 0.125 e. The van der Waals surface area contributed by atoms with E-state index in [1.165, 1.54) is 4.88 Å². The van der Waals surface area contributed by atoms with Crippen molar-refractivity contribution >= 4 is 29.0 Å². The first kappa shape index (κ1) is 9.55. The van der Waals surface area contributed by atoms with Crippen LogP contribution in [0.25, 0.3) is 0 Å². The Hall–Kier alpha value is -1.00. The summed E-state index contributed by atoms with van der Waals surface area (Å²) in [6.45, 7) is 0. The van der Waals surface area contributed by atoms with Crippen molar-refractivity contribution in [1.29, 1.82) is 0 Å². The normalized spacial score (nSPS) is 10.3. The molecule has 0 aromatic carbocycles. The zero-order valence-corrected chi connectivity index (χ0v) is 9.11. The maximum Gasteiger partial charge on any atom is 0.125 e. The molecule has 2 rings (SSSR count). The van der Waals surface area contributed by atoms with Gasteiger partial charge in [0.1, 0.15) is 6.29 Å². The van der Waals surface area contributed by atoms with E-state index < -0.39 is 0 Å². The molecule has 0 bridgehead atoms. The Morgan fingerprint density at radius 1 is 1.43 bits per heavy atom. The Labute approximate surface area is 90.2 Å². The number of thiazole rings is 1. The molecule has 0 N–H and O–H groups in total. The number of aldehydes is 1. The fraction of sp³-hybridized carbons (Fsp3) is 0.200. The number of aromatic nitrogens is 1. The summed E-state index contributed by atoms with van der Waals surface area (Å²) in [5.41, 5.74) is 0. The third kappa shape index (κ3) is 2.27. The fourth-order valence-electron chi connectivity index (χ4n) is 1.17. The molecule has 0 aliphatic carbocycles. The van der Waals surface area contributed by atoms with Crippen LogP contribution in [0.4, 0.5) is 0 Å². The van der Waals surface area contributed by atoms with Gasteiger partial charge in [0.15, 0.2) is 0 Å². The fourth-order valence-corrected chi connectivity index (χ4v) is 2.86. The molecular weight excluding hydrogens is 214 g/mol. The van der Waals surface area contributed by atoms with Gasteiger partial charge in [-0.15, -0.1) is 22.7 Å². The molecule has 4 heteroatoms. The second-order valence-electron chi connectivity index (χ2n) is 2.85. The van der Waals surface area contributed by atoms with Gasteiger partial charge in [-0.25, -0.2) is 4.98 Å². The van der Waals surface area contributed by atoms with Crippen LogP contribution in [0.5, 0.6) is 0 Å². The molecule has 0 unspecified atom stereocenters. The van der Waals surface area contributed by atoms with Gasteiger partial charge in [0.2, 0.25) is 0 Å². The lowest BCUT2D eigenvalue weighted by molar-refractivity contribution is -0.107. The van der Waals surface area contributed by atoms with Crippen LogP contribution in [0.15, 0.2) is 23.7 Å². The van der Waals surface area contributed by atoms with E-state index in [9.17, 15) is 4.79 Å². The predicted octanol–water partition coefficient (Wildman–Crippen LogP) is 2.54. The summed E-state index contributed by atoms with van der Waals surface area (Å²) in [7, 11) is 0. The highest BCUT2D eigenvalue weighted by Crippen LogP contribution is 2.19. The molecule has 2 heterocycles. The van der Waals surface area contributed by atoms with Gasteiger partial charge in [-0.1, -0.05) is 6.07 Å². The van der Waals surface area contributed by atoms with Crippen LogP contribution in [0.2, 0.25) is 0 Å². The van der Waals surface area contributed by atoms with Crippen LogP contribution in [0, 0.1) is 0 Å². The predicted molar refractivity (Wildman–Crippen MR) is 59.0 cm³/mol. The summed E-state index contributed by atoms with van der Waals surface area (Å²) in [6.07, 6.45) is 4.09. The maximum absolute atomic E-state index is 10.3. The Kier molecular flexibility index (Phi) is 3.06. The molecule has 0 aliphatic heterocycles. The molecule has 0 fully saturated rings. The summed E-state index contributed by atoms with van der Waals surface area (Å²) in [5.74, 6) is 0. The van der Waals surface area contributed by atoms with E-state index in [0.717, 1.165) is 22.6 Å². The number of hydrogen-bond acceptors (Lipinski definition) is 4. The summed E-state index contributed by atoms with van der Waals surface area (Å²) in [6, 6.07) is 4.14. The van der Waals surface area contributed by atoms with Crippen molar-refractivity contribution in [1.82, 2.24) is 4.98 Å². The second kappa shape index (κ2) is 4.48. The topological polar surface area (TPSA) is 30.0 Å². The molecule has 0 saturated heterocycles. The van der Waals surface area contributed by atoms with Crippen LogP contribution in [-0.4, -0.2) is 11.3 Å². The molecule has 14 heavy (non-hydrogen) atoms. The third-order valence-electron chi connectivity index (χ3n) is 1.79. The number of carbonyl (C=O) groups excluding carboxylic acids is 1. The van der Waals surface area contributed by atoms with E-state index in [1.807, 2.05) is 6.07 Å². The Bertz CT molecular complexity index is 405. The average Bonchev–Trinajstić information content (AvgIpc) is 2.79. The first-order chi connectivity index (χ1) is 6.88. The quantitative estimate of drug-likeness (QED) is 0.746. The van der Waals surface area contributed by atoms with Gasteiger partial charge in [-0.2, -0.15) is 0 Å². The number of carbonyl (C=O) groups is 1. The minimum atomic E-state index is 0.488. The lowest BCUT2D eigenvalue weighted by Gasteiger charge is -1.89. The van der Waals surface area contributed by atoms with E-state index in [0.29, 0.717) is 6.42 Å². The first-order valence-corrected chi connectivity index (χ1v) is 5.97. The Balaban J connectivity index is 2.06. The van der Waals surface area contributed by atoms with Crippen molar-refractivity contribution in [2.75, 3.05) is 0 Å². The van der Waals surface area contributed by atoms with E-state index in [-0.39, 0.29) is 0 Å². The molecule has 0 saturated carbocycles. The second-order valence-corrected chi connectivity index (χ2v) is 5.08. The number of rotatable bonds is 4. The summed E-state index contributed by atoms with van der Waals surface area (Å²) >= 11 is 3.36. The van der Waals surface area contributed by atoms with Crippen molar-refractivity contribution in [3.63, 3.8) is 0 Å². The summed E-state index contributed by atoms with van der Waals surface area (Å²) in [5, 5.41) is 3.15. The first-order valence-electron chi connectivity index (χ1n) is 4.28. The molecule has 0 radical (unpaired) electrons. The number of thiophene rings is 1. The van der Waals surface area contributed by atoms with Crippen LogP contribution in [-0.2, 0) is 17.6 Å². The van der Waals surface area contributed by atoms with E-state index >= 15 is 0 Å². The van der Waals surface area contributed by atoms with Gasteiger partial charge in [-0.05, 0) is 11.4 Å². The van der Waals surface area contributed by atoms with Gasteiger partial charge in [0.05, 0.1) is 5.01 Å². The average molecular weight is 223 g/mol. The minimum Gasteiger partial charge on any atom is -0.303 e. The lowest BCUT2D eigenvalue weighted by atomic mass is 10.4. The monoisotopic (exact) mass is 223 g/mol. The molecule has 0 spiro atoms. The summed E-state index contributed by atoms with van der Waals surface area (Å²) < 4.78 is 0. The molecule has 0 aliphatic rings. The molecule has 0 amide bonds. The van der Waals surface area contributed by atoms with Gasteiger partial charge in [-0.3, -0.25) is 0 Å². The van der Waals surface area contributed by atoms with Crippen molar-refractivity contribution in [2.24, 2.45) is 0 Å². The van der Waals surface area contributed by atoms with Crippen LogP contribution >= 0.6 is 22.7 Å². The molecule has 72 valence electrons. The standard InChI is InChI=1S/C10H9NOS2/c12-4-3-9-7-11-10(14-9)6-8-2-1-5-13-8/h1-2,4-5,7H,3,6H2. The van der Waals surface area contributed by atoms with Crippen molar-refractivity contribution < 1.29 is 4.79 Å². The molecule has 2 nitrogen and oxygen atoms in total. The molecule has 2 aromatic heterocycles.